The van der Waals surface area contributed by atoms with E-state index in [4.69, 9.17) is 16.7 Å². The molecule has 0 heterocycles. The lowest BCUT2D eigenvalue weighted by Gasteiger charge is -2.42. The number of aryl methyl sites for hydroxylation is 1. The minimum atomic E-state index is -3.62. The molecule has 0 radical (unpaired) electrons. The van der Waals surface area contributed by atoms with E-state index < -0.39 is 16.0 Å². The van der Waals surface area contributed by atoms with Crippen LogP contribution in [0.25, 0.3) is 0 Å². The molecule has 0 amide bonds. The van der Waals surface area contributed by atoms with Gasteiger partial charge in [-0.05, 0) is 44.0 Å². The van der Waals surface area contributed by atoms with Crippen molar-refractivity contribution in [3.63, 3.8) is 0 Å². The minimum Gasteiger partial charge on any atom is -0.480 e. The van der Waals surface area contributed by atoms with Crippen LogP contribution in [0.4, 0.5) is 0 Å². The Balaban J connectivity index is 1.99. The van der Waals surface area contributed by atoms with Crippen molar-refractivity contribution in [3.05, 3.63) is 28.8 Å². The molecule has 2 rings (SSSR count). The predicted octanol–water partition coefficient (Wildman–Crippen LogP) is 1.86. The van der Waals surface area contributed by atoms with Crippen molar-refractivity contribution >= 4 is 27.6 Å². The number of hydrogen-bond acceptors (Lipinski definition) is 4. The molecule has 0 atom stereocenters. The second-order valence-corrected chi connectivity index (χ2v) is 7.93. The van der Waals surface area contributed by atoms with Crippen LogP contribution in [0.1, 0.15) is 25.3 Å². The van der Waals surface area contributed by atoms with Crippen LogP contribution in [0.2, 0.25) is 5.02 Å². The molecule has 6 nitrogen and oxygen atoms in total. The van der Waals surface area contributed by atoms with E-state index in [2.05, 4.69) is 4.72 Å². The Morgan fingerprint density at radius 2 is 2.09 bits per heavy atom. The molecule has 0 unspecified atom stereocenters. The highest BCUT2D eigenvalue weighted by Crippen LogP contribution is 2.28. The van der Waals surface area contributed by atoms with Gasteiger partial charge in [0.15, 0.2) is 0 Å². The van der Waals surface area contributed by atoms with E-state index in [1.807, 2.05) is 11.8 Å². The fourth-order valence-corrected chi connectivity index (χ4v) is 4.57. The van der Waals surface area contributed by atoms with Gasteiger partial charge in [-0.3, -0.25) is 9.69 Å². The molecular formula is C15H21ClN2O4S. The van der Waals surface area contributed by atoms with Gasteiger partial charge in [0.1, 0.15) is 0 Å². The van der Waals surface area contributed by atoms with Gasteiger partial charge in [0.25, 0.3) is 0 Å². The molecule has 1 saturated carbocycles. The van der Waals surface area contributed by atoms with Crippen molar-refractivity contribution in [2.75, 3.05) is 13.1 Å². The van der Waals surface area contributed by atoms with E-state index in [9.17, 15) is 13.2 Å². The zero-order valence-corrected chi connectivity index (χ0v) is 14.7. The minimum absolute atomic E-state index is 0.0198. The molecule has 1 fully saturated rings. The summed E-state index contributed by atoms with van der Waals surface area (Å²) in [5.41, 5.74) is 0.638. The third kappa shape index (κ3) is 4.44. The molecule has 1 aliphatic carbocycles. The lowest BCUT2D eigenvalue weighted by atomic mass is 9.86. The molecule has 0 saturated heterocycles. The first-order valence-electron chi connectivity index (χ1n) is 7.47. The standard InChI is InChI=1S/C15H21ClN2O4S/c1-3-18(9-15(19)20)13-7-12(8-13)17-23(21,22)14-6-11(16)5-4-10(14)2/h4-6,12-13,17H,3,7-9H2,1-2H3,(H,19,20). The number of carboxylic acid groups (broad SMARTS) is 1. The molecular weight excluding hydrogens is 340 g/mol. The van der Waals surface area contributed by atoms with Gasteiger partial charge in [0.05, 0.1) is 11.4 Å². The molecule has 8 heteroatoms. The summed E-state index contributed by atoms with van der Waals surface area (Å²) in [5.74, 6) is -0.870. The fraction of sp³-hybridized carbons (Fsp3) is 0.533. The Bertz CT molecular complexity index is 687. The number of sulfonamides is 1. The van der Waals surface area contributed by atoms with Gasteiger partial charge in [-0.15, -0.1) is 0 Å². The van der Waals surface area contributed by atoms with Crippen molar-refractivity contribution in [1.29, 1.82) is 0 Å². The summed E-state index contributed by atoms with van der Waals surface area (Å²) in [6.07, 6.45) is 1.22. The first-order valence-corrected chi connectivity index (χ1v) is 9.33. The third-order valence-corrected chi connectivity index (χ3v) is 6.03. The zero-order valence-electron chi connectivity index (χ0n) is 13.1. The van der Waals surface area contributed by atoms with Gasteiger partial charge in [0.2, 0.25) is 10.0 Å². The van der Waals surface area contributed by atoms with Crippen LogP contribution in [0, 0.1) is 6.92 Å². The molecule has 0 bridgehead atoms. The smallest absolute Gasteiger partial charge is 0.317 e. The van der Waals surface area contributed by atoms with Crippen molar-refractivity contribution in [2.24, 2.45) is 0 Å². The number of benzene rings is 1. The highest BCUT2D eigenvalue weighted by atomic mass is 35.5. The van der Waals surface area contributed by atoms with Crippen LogP contribution in [-0.4, -0.2) is 49.6 Å². The lowest BCUT2D eigenvalue weighted by Crippen LogP contribution is -2.54. The summed E-state index contributed by atoms with van der Waals surface area (Å²) >= 11 is 5.88. The highest BCUT2D eigenvalue weighted by molar-refractivity contribution is 7.89. The number of carbonyl (C=O) groups is 1. The van der Waals surface area contributed by atoms with Gasteiger partial charge >= 0.3 is 5.97 Å². The van der Waals surface area contributed by atoms with Gasteiger partial charge in [-0.25, -0.2) is 13.1 Å². The SMILES string of the molecule is CCN(CC(=O)O)C1CC(NS(=O)(=O)c2cc(Cl)ccc2C)C1. The monoisotopic (exact) mass is 360 g/mol. The Labute approximate surface area is 141 Å². The van der Waals surface area contributed by atoms with E-state index >= 15 is 0 Å². The van der Waals surface area contributed by atoms with Crippen molar-refractivity contribution in [3.8, 4) is 0 Å². The van der Waals surface area contributed by atoms with Crippen LogP contribution >= 0.6 is 11.6 Å². The lowest BCUT2D eigenvalue weighted by molar-refractivity contribution is -0.139. The highest BCUT2D eigenvalue weighted by Gasteiger charge is 2.36. The van der Waals surface area contributed by atoms with E-state index in [1.54, 1.807) is 19.1 Å². The molecule has 23 heavy (non-hydrogen) atoms. The van der Waals surface area contributed by atoms with E-state index in [-0.39, 0.29) is 23.5 Å². The molecule has 1 aliphatic rings. The van der Waals surface area contributed by atoms with Crippen molar-refractivity contribution in [2.45, 2.75) is 43.7 Å². The predicted molar refractivity (Wildman–Crippen MR) is 88.2 cm³/mol. The first kappa shape index (κ1) is 18.2. The van der Waals surface area contributed by atoms with Gasteiger partial charge in [0, 0.05) is 17.1 Å². The van der Waals surface area contributed by atoms with Crippen LogP contribution < -0.4 is 4.72 Å². The molecule has 1 aromatic carbocycles. The summed E-state index contributed by atoms with van der Waals surface area (Å²) < 4.78 is 27.6. The summed E-state index contributed by atoms with van der Waals surface area (Å²) in [4.78, 5) is 12.8. The van der Waals surface area contributed by atoms with E-state index in [0.717, 1.165) is 0 Å². The van der Waals surface area contributed by atoms with Gasteiger partial charge in [-0.1, -0.05) is 24.6 Å². The number of rotatable bonds is 7. The second-order valence-electron chi connectivity index (χ2n) is 5.81. The summed E-state index contributed by atoms with van der Waals surface area (Å²) in [5, 5.41) is 9.25. The maximum absolute atomic E-state index is 12.5. The quantitative estimate of drug-likeness (QED) is 0.775. The molecule has 0 aromatic heterocycles. The number of carboxylic acids is 1. The topological polar surface area (TPSA) is 86.7 Å². The zero-order chi connectivity index (χ0) is 17.2. The normalized spacial score (nSPS) is 21.2. The van der Waals surface area contributed by atoms with Crippen LogP contribution in [0.15, 0.2) is 23.1 Å². The molecule has 0 aliphatic heterocycles. The molecule has 0 spiro atoms. The number of aliphatic carboxylic acids is 1. The summed E-state index contributed by atoms with van der Waals surface area (Å²) in [6, 6.07) is 4.69. The number of likely N-dealkylation sites (N-methyl/N-ethyl adjacent to an activating group) is 1. The Hall–Kier alpha value is -1.15. The number of nitrogens with one attached hydrogen (secondary N) is 1. The van der Waals surface area contributed by atoms with Gasteiger partial charge < -0.3 is 5.11 Å². The maximum Gasteiger partial charge on any atom is 0.317 e. The average Bonchev–Trinajstić information content (AvgIpc) is 2.42. The molecule has 1 aromatic rings. The average molecular weight is 361 g/mol. The maximum atomic E-state index is 12.5. The molecule has 2 N–H and O–H groups in total. The van der Waals surface area contributed by atoms with E-state index in [0.29, 0.717) is 30.0 Å². The Kier molecular flexibility index (Phi) is 5.67. The van der Waals surface area contributed by atoms with E-state index in [1.165, 1.54) is 6.07 Å². The summed E-state index contributed by atoms with van der Waals surface area (Å²) in [7, 11) is -3.62. The number of halogens is 1. The fourth-order valence-electron chi connectivity index (χ4n) is 2.80. The van der Waals surface area contributed by atoms with Crippen LogP contribution in [0.3, 0.4) is 0 Å². The van der Waals surface area contributed by atoms with Crippen molar-refractivity contribution in [1.82, 2.24) is 9.62 Å². The largest absolute Gasteiger partial charge is 0.480 e. The third-order valence-electron chi connectivity index (χ3n) is 4.14. The second kappa shape index (κ2) is 7.17. The number of nitrogens with zero attached hydrogens (tertiary/aromatic N) is 1. The van der Waals surface area contributed by atoms with Crippen molar-refractivity contribution < 1.29 is 18.3 Å². The molecule has 128 valence electrons. The first-order chi connectivity index (χ1) is 10.7. The number of hydrogen-bond donors (Lipinski definition) is 2. The van der Waals surface area contributed by atoms with Crippen LogP contribution in [0.5, 0.6) is 0 Å². The Morgan fingerprint density at radius 1 is 1.43 bits per heavy atom. The van der Waals surface area contributed by atoms with Crippen LogP contribution in [-0.2, 0) is 14.8 Å². The summed E-state index contributed by atoms with van der Waals surface area (Å²) in [6.45, 7) is 4.23. The van der Waals surface area contributed by atoms with Gasteiger partial charge in [-0.2, -0.15) is 0 Å². The Morgan fingerprint density at radius 3 is 2.65 bits per heavy atom.